The Morgan fingerprint density at radius 1 is 1.44 bits per heavy atom. The lowest BCUT2D eigenvalue weighted by Gasteiger charge is -2.08. The molecule has 0 saturated carbocycles. The van der Waals surface area contributed by atoms with E-state index in [1.54, 1.807) is 6.92 Å². The molecular formula is C13H13ClN2O2. The summed E-state index contributed by atoms with van der Waals surface area (Å²) in [7, 11) is 0. The zero-order valence-electron chi connectivity index (χ0n) is 10.1. The molecule has 18 heavy (non-hydrogen) atoms. The summed E-state index contributed by atoms with van der Waals surface area (Å²) in [4.78, 5) is 11.1. The fraction of sp³-hybridized carbons (Fsp3) is 0.231. The van der Waals surface area contributed by atoms with Crippen LogP contribution in [0.1, 0.15) is 28.5 Å². The number of aromatic carboxylic acids is 1. The van der Waals surface area contributed by atoms with Gasteiger partial charge in [0.05, 0.1) is 11.4 Å². The minimum Gasteiger partial charge on any atom is -0.478 e. The van der Waals surface area contributed by atoms with Crippen LogP contribution in [0, 0.1) is 6.92 Å². The molecule has 0 aliphatic heterocycles. The van der Waals surface area contributed by atoms with Gasteiger partial charge in [-0.15, -0.1) is 0 Å². The Morgan fingerprint density at radius 2 is 2.11 bits per heavy atom. The van der Waals surface area contributed by atoms with Gasteiger partial charge >= 0.3 is 5.97 Å². The fourth-order valence-electron chi connectivity index (χ4n) is 1.92. The van der Waals surface area contributed by atoms with Crippen LogP contribution in [0.15, 0.2) is 24.3 Å². The maximum atomic E-state index is 11.1. The Hall–Kier alpha value is -1.81. The summed E-state index contributed by atoms with van der Waals surface area (Å²) in [6.45, 7) is 3.67. The van der Waals surface area contributed by atoms with E-state index in [0.29, 0.717) is 5.69 Å². The third-order valence-electron chi connectivity index (χ3n) is 2.82. The molecule has 0 aliphatic carbocycles. The largest absolute Gasteiger partial charge is 0.478 e. The van der Waals surface area contributed by atoms with Crippen LogP contribution in [0.4, 0.5) is 0 Å². The van der Waals surface area contributed by atoms with Gasteiger partial charge < -0.3 is 5.11 Å². The second-order valence-corrected chi connectivity index (χ2v) is 4.31. The van der Waals surface area contributed by atoms with E-state index < -0.39 is 5.97 Å². The van der Waals surface area contributed by atoms with Crippen molar-refractivity contribution in [1.82, 2.24) is 9.78 Å². The highest BCUT2D eigenvalue weighted by Crippen LogP contribution is 2.25. The highest BCUT2D eigenvalue weighted by Gasteiger charge is 2.21. The number of hydrogen-bond acceptors (Lipinski definition) is 2. The van der Waals surface area contributed by atoms with Gasteiger partial charge in [0.15, 0.2) is 0 Å². The maximum absolute atomic E-state index is 11.1. The minimum absolute atomic E-state index is 0.0579. The van der Waals surface area contributed by atoms with Crippen molar-refractivity contribution in [1.29, 1.82) is 0 Å². The Morgan fingerprint density at radius 3 is 2.67 bits per heavy atom. The summed E-state index contributed by atoms with van der Waals surface area (Å²) in [5.74, 6) is -1.06. The van der Waals surface area contributed by atoms with E-state index in [1.807, 2.05) is 31.2 Å². The smallest absolute Gasteiger partial charge is 0.340 e. The van der Waals surface area contributed by atoms with Gasteiger partial charge in [-0.2, -0.15) is 5.10 Å². The number of rotatable bonds is 3. The second-order valence-electron chi connectivity index (χ2n) is 3.95. The molecule has 5 heteroatoms. The van der Waals surface area contributed by atoms with Crippen molar-refractivity contribution >= 4 is 17.6 Å². The molecule has 94 valence electrons. The van der Waals surface area contributed by atoms with Crippen molar-refractivity contribution in [2.75, 3.05) is 0 Å². The second kappa shape index (κ2) is 4.82. The number of benzene rings is 1. The topological polar surface area (TPSA) is 55.1 Å². The number of aryl methyl sites for hydroxylation is 2. The minimum atomic E-state index is -1.06. The summed E-state index contributed by atoms with van der Waals surface area (Å²) < 4.78 is 1.49. The maximum Gasteiger partial charge on any atom is 0.340 e. The predicted molar refractivity (Wildman–Crippen MR) is 69.6 cm³/mol. The van der Waals surface area contributed by atoms with Crippen molar-refractivity contribution < 1.29 is 9.90 Å². The van der Waals surface area contributed by atoms with E-state index in [4.69, 9.17) is 16.7 Å². The number of carboxylic acid groups (broad SMARTS) is 1. The lowest BCUT2D eigenvalue weighted by atomic mass is 10.1. The highest BCUT2D eigenvalue weighted by molar-refractivity contribution is 6.32. The molecule has 0 saturated heterocycles. The Labute approximate surface area is 110 Å². The van der Waals surface area contributed by atoms with Crippen LogP contribution in [0.2, 0.25) is 5.15 Å². The highest BCUT2D eigenvalue weighted by atomic mass is 35.5. The average molecular weight is 265 g/mol. The molecule has 1 aromatic carbocycles. The van der Waals surface area contributed by atoms with Crippen LogP contribution < -0.4 is 0 Å². The Balaban J connectivity index is 2.65. The molecule has 2 rings (SSSR count). The van der Waals surface area contributed by atoms with Crippen molar-refractivity contribution in [2.45, 2.75) is 20.3 Å². The summed E-state index contributed by atoms with van der Waals surface area (Å²) >= 11 is 6.11. The van der Waals surface area contributed by atoms with Crippen molar-refractivity contribution in [2.24, 2.45) is 0 Å². The average Bonchev–Trinajstić information content (AvgIpc) is 2.64. The van der Waals surface area contributed by atoms with E-state index in [1.165, 1.54) is 4.68 Å². The molecule has 0 fully saturated rings. The van der Waals surface area contributed by atoms with Gasteiger partial charge in [-0.1, -0.05) is 36.7 Å². The normalized spacial score (nSPS) is 10.6. The van der Waals surface area contributed by atoms with Crippen LogP contribution in [0.3, 0.4) is 0 Å². The number of nitrogens with zero attached hydrogens (tertiary/aromatic N) is 2. The predicted octanol–water partition coefficient (Wildman–Crippen LogP) is 3.09. The lowest BCUT2D eigenvalue weighted by molar-refractivity contribution is 0.0696. The lowest BCUT2D eigenvalue weighted by Crippen LogP contribution is -2.02. The molecule has 4 nitrogen and oxygen atoms in total. The molecule has 1 aromatic heterocycles. The summed E-state index contributed by atoms with van der Waals surface area (Å²) in [5.41, 5.74) is 2.36. The first-order valence-corrected chi connectivity index (χ1v) is 6.00. The fourth-order valence-corrected chi connectivity index (χ4v) is 2.26. The van der Waals surface area contributed by atoms with Crippen LogP contribution in [0.25, 0.3) is 5.69 Å². The quantitative estimate of drug-likeness (QED) is 0.927. The molecule has 0 aliphatic rings. The zero-order valence-corrected chi connectivity index (χ0v) is 10.9. The number of aromatic nitrogens is 2. The van der Waals surface area contributed by atoms with Gasteiger partial charge in [0.2, 0.25) is 0 Å². The number of carboxylic acids is 1. The van der Waals surface area contributed by atoms with E-state index in [-0.39, 0.29) is 10.7 Å². The summed E-state index contributed by atoms with van der Waals surface area (Å²) in [5, 5.41) is 13.4. The third kappa shape index (κ3) is 1.99. The molecule has 1 heterocycles. The molecule has 0 unspecified atom stereocenters. The summed E-state index contributed by atoms with van der Waals surface area (Å²) in [6.07, 6.45) is 0.827. The van der Waals surface area contributed by atoms with Crippen LogP contribution in [-0.2, 0) is 6.42 Å². The van der Waals surface area contributed by atoms with E-state index >= 15 is 0 Å². The van der Waals surface area contributed by atoms with Crippen molar-refractivity contribution in [3.8, 4) is 5.69 Å². The Kier molecular flexibility index (Phi) is 3.39. The standard InChI is InChI=1S/C13H13ClN2O2/c1-3-9-6-4-5-7-10(9)16-12(14)11(13(17)18)8(2)15-16/h4-7H,3H2,1-2H3,(H,17,18). The van der Waals surface area contributed by atoms with Gasteiger partial charge in [0.25, 0.3) is 0 Å². The molecular weight excluding hydrogens is 252 g/mol. The van der Waals surface area contributed by atoms with E-state index in [2.05, 4.69) is 5.10 Å². The molecule has 1 N–H and O–H groups in total. The molecule has 0 amide bonds. The molecule has 0 radical (unpaired) electrons. The number of halogens is 1. The monoisotopic (exact) mass is 264 g/mol. The number of carbonyl (C=O) groups is 1. The SMILES string of the molecule is CCc1ccccc1-n1nc(C)c(C(=O)O)c1Cl. The van der Waals surface area contributed by atoms with Crippen LogP contribution in [-0.4, -0.2) is 20.9 Å². The molecule has 0 atom stereocenters. The van der Waals surface area contributed by atoms with E-state index in [9.17, 15) is 4.79 Å². The van der Waals surface area contributed by atoms with Gasteiger partial charge in [-0.25, -0.2) is 9.48 Å². The first-order chi connectivity index (χ1) is 8.56. The molecule has 2 aromatic rings. The number of hydrogen-bond donors (Lipinski definition) is 1. The van der Waals surface area contributed by atoms with Gasteiger partial charge in [0.1, 0.15) is 10.7 Å². The van der Waals surface area contributed by atoms with Gasteiger partial charge in [0, 0.05) is 0 Å². The van der Waals surface area contributed by atoms with Crippen molar-refractivity contribution in [3.63, 3.8) is 0 Å². The summed E-state index contributed by atoms with van der Waals surface area (Å²) in [6, 6.07) is 7.67. The first-order valence-electron chi connectivity index (χ1n) is 5.63. The molecule has 0 bridgehead atoms. The Bertz CT molecular complexity index is 605. The van der Waals surface area contributed by atoms with Crippen LogP contribution in [0.5, 0.6) is 0 Å². The van der Waals surface area contributed by atoms with Crippen LogP contribution >= 0.6 is 11.6 Å². The van der Waals surface area contributed by atoms with Crippen molar-refractivity contribution in [3.05, 3.63) is 46.2 Å². The molecule has 0 spiro atoms. The first kappa shape index (κ1) is 12.6. The van der Waals surface area contributed by atoms with Gasteiger partial charge in [-0.3, -0.25) is 0 Å². The third-order valence-corrected chi connectivity index (χ3v) is 3.17. The zero-order chi connectivity index (χ0) is 13.3. The number of para-hydroxylation sites is 1. The van der Waals surface area contributed by atoms with E-state index in [0.717, 1.165) is 17.7 Å². The van der Waals surface area contributed by atoms with Gasteiger partial charge in [-0.05, 0) is 25.0 Å².